The Morgan fingerprint density at radius 1 is 0.541 bits per heavy atom. The van der Waals surface area contributed by atoms with Crippen LogP contribution in [0, 0.1) is 11.8 Å². The molecule has 0 aromatic heterocycles. The molecule has 37 heavy (non-hydrogen) atoms. The van der Waals surface area contributed by atoms with Gasteiger partial charge in [-0.3, -0.25) is 9.59 Å². The average molecular weight is 503 g/mol. The van der Waals surface area contributed by atoms with Crippen LogP contribution < -0.4 is 5.30 Å². The van der Waals surface area contributed by atoms with Gasteiger partial charge in [-0.25, -0.2) is 0 Å². The first-order valence-corrected chi connectivity index (χ1v) is 14.4. The molecule has 0 saturated carbocycles. The third-order valence-corrected chi connectivity index (χ3v) is 10.3. The van der Waals surface area contributed by atoms with Gasteiger partial charge in [-0.15, -0.1) is 0 Å². The Hall–Kier alpha value is -3.61. The van der Waals surface area contributed by atoms with Gasteiger partial charge in [0.1, 0.15) is 11.6 Å². The number of rotatable bonds is 11. The monoisotopic (exact) mass is 502 g/mol. The summed E-state index contributed by atoms with van der Waals surface area (Å²) in [6, 6.07) is 31.4. The minimum atomic E-state index is -0.967. The SMILES string of the molecule is O=C(CC(c1ccccc1)P(c1ccccc1)C(CC(=O)C1C=CC=C1)c1ccccc1)C1C=CC=C1. The first-order chi connectivity index (χ1) is 18.2. The van der Waals surface area contributed by atoms with Crippen LogP contribution >= 0.6 is 7.92 Å². The third kappa shape index (κ3) is 6.04. The Morgan fingerprint density at radius 2 is 0.892 bits per heavy atom. The van der Waals surface area contributed by atoms with Crippen LogP contribution in [0.1, 0.15) is 35.3 Å². The lowest BCUT2D eigenvalue weighted by Crippen LogP contribution is -2.21. The predicted octanol–water partition coefficient (Wildman–Crippen LogP) is 7.68. The largest absolute Gasteiger partial charge is 0.299 e. The second-order valence-corrected chi connectivity index (χ2v) is 12.1. The lowest BCUT2D eigenvalue weighted by molar-refractivity contribution is -0.121. The Labute approximate surface area is 220 Å². The van der Waals surface area contributed by atoms with E-state index in [2.05, 4.69) is 72.8 Å². The van der Waals surface area contributed by atoms with Crippen LogP contribution in [0.5, 0.6) is 0 Å². The summed E-state index contributed by atoms with van der Waals surface area (Å²) in [5.41, 5.74) is 2.29. The topological polar surface area (TPSA) is 34.1 Å². The average Bonchev–Trinajstić information content (AvgIpc) is 3.69. The maximum absolute atomic E-state index is 13.6. The fourth-order valence-electron chi connectivity index (χ4n) is 5.23. The highest BCUT2D eigenvalue weighted by atomic mass is 31.1. The zero-order valence-corrected chi connectivity index (χ0v) is 21.7. The Bertz CT molecular complexity index is 1210. The molecule has 2 atom stereocenters. The molecule has 0 radical (unpaired) electrons. The van der Waals surface area contributed by atoms with Crippen LogP contribution in [0.25, 0.3) is 0 Å². The van der Waals surface area contributed by atoms with Gasteiger partial charge in [0.05, 0.1) is 11.8 Å². The molecule has 5 rings (SSSR count). The summed E-state index contributed by atoms with van der Waals surface area (Å²) in [6.07, 6.45) is 16.6. The summed E-state index contributed by atoms with van der Waals surface area (Å²) in [7, 11) is -0.967. The molecule has 2 unspecified atom stereocenters. The van der Waals surface area contributed by atoms with Gasteiger partial charge in [0.15, 0.2) is 0 Å². The Balaban J connectivity index is 1.61. The summed E-state index contributed by atoms with van der Waals surface area (Å²) < 4.78 is 0. The molecule has 0 fully saturated rings. The van der Waals surface area contributed by atoms with Gasteiger partial charge in [0.2, 0.25) is 0 Å². The minimum absolute atomic E-state index is 0.0128. The van der Waals surface area contributed by atoms with Crippen LogP contribution in [-0.2, 0) is 9.59 Å². The summed E-state index contributed by atoms with van der Waals surface area (Å²) in [5.74, 6) is 0.0953. The van der Waals surface area contributed by atoms with E-state index in [0.29, 0.717) is 12.8 Å². The lowest BCUT2D eigenvalue weighted by atomic mass is 9.98. The van der Waals surface area contributed by atoms with Crippen molar-refractivity contribution in [3.63, 3.8) is 0 Å². The van der Waals surface area contributed by atoms with Crippen LogP contribution in [0.3, 0.4) is 0 Å². The molecule has 3 aromatic carbocycles. The predicted molar refractivity (Wildman–Crippen MR) is 154 cm³/mol. The summed E-state index contributed by atoms with van der Waals surface area (Å²) in [5, 5.41) is 1.22. The molecule has 0 heterocycles. The number of Topliss-reactive ketones (excluding diaryl/α,β-unsaturated/α-hetero) is 2. The number of ketones is 2. The van der Waals surface area contributed by atoms with Gasteiger partial charge in [0.25, 0.3) is 0 Å². The fourth-order valence-corrected chi connectivity index (χ4v) is 8.64. The van der Waals surface area contributed by atoms with Crippen molar-refractivity contribution >= 4 is 24.8 Å². The highest BCUT2D eigenvalue weighted by molar-refractivity contribution is 7.66. The Kier molecular flexibility index (Phi) is 8.18. The second-order valence-electron chi connectivity index (χ2n) is 9.53. The summed E-state index contributed by atoms with van der Waals surface area (Å²) in [6.45, 7) is 0. The normalized spacial score (nSPS) is 17.2. The lowest BCUT2D eigenvalue weighted by Gasteiger charge is -2.36. The molecule has 0 saturated heterocycles. The molecular weight excluding hydrogens is 471 g/mol. The standard InChI is InChI=1S/C34H31O2P/c35-31(26-14-10-11-15-26)24-33(28-18-4-1-5-19-28)37(30-22-8-3-9-23-30)34(29-20-6-2-7-21-29)25-32(36)27-16-12-13-17-27/h1-23,26-27,33-34H,24-25H2. The van der Waals surface area contributed by atoms with Crippen molar-refractivity contribution < 1.29 is 9.59 Å². The molecule has 0 amide bonds. The maximum atomic E-state index is 13.6. The third-order valence-electron chi connectivity index (χ3n) is 7.12. The fraction of sp³-hybridized carbons (Fsp3) is 0.176. The minimum Gasteiger partial charge on any atom is -0.299 e. The Morgan fingerprint density at radius 3 is 1.27 bits per heavy atom. The molecule has 0 spiro atoms. The number of benzene rings is 3. The molecule has 2 nitrogen and oxygen atoms in total. The molecule has 2 aliphatic rings. The molecular formula is C34H31O2P. The summed E-state index contributed by atoms with van der Waals surface area (Å²) in [4.78, 5) is 27.2. The van der Waals surface area contributed by atoms with E-state index in [1.165, 1.54) is 5.30 Å². The smallest absolute Gasteiger partial charge is 0.144 e. The number of allylic oxidation sites excluding steroid dienone is 8. The first-order valence-electron chi connectivity index (χ1n) is 12.9. The van der Waals surface area contributed by atoms with E-state index in [9.17, 15) is 9.59 Å². The van der Waals surface area contributed by atoms with Crippen LogP contribution in [0.4, 0.5) is 0 Å². The number of hydrogen-bond donors (Lipinski definition) is 0. The van der Waals surface area contributed by atoms with Crippen molar-refractivity contribution in [2.75, 3.05) is 0 Å². The molecule has 3 heteroatoms. The van der Waals surface area contributed by atoms with E-state index >= 15 is 0 Å². The van der Waals surface area contributed by atoms with Crippen molar-refractivity contribution in [3.05, 3.63) is 151 Å². The van der Waals surface area contributed by atoms with Gasteiger partial charge >= 0.3 is 0 Å². The quantitative estimate of drug-likeness (QED) is 0.252. The maximum Gasteiger partial charge on any atom is 0.144 e. The zero-order valence-electron chi connectivity index (χ0n) is 20.8. The van der Waals surface area contributed by atoms with Gasteiger partial charge in [-0.2, -0.15) is 0 Å². The van der Waals surface area contributed by atoms with Gasteiger partial charge in [-0.05, 0) is 16.4 Å². The molecule has 0 bridgehead atoms. The number of carbonyl (C=O) groups is 2. The van der Waals surface area contributed by atoms with E-state index in [1.807, 2.05) is 66.8 Å². The van der Waals surface area contributed by atoms with E-state index in [0.717, 1.165) is 11.1 Å². The number of carbonyl (C=O) groups excluding carboxylic acids is 2. The van der Waals surface area contributed by atoms with E-state index < -0.39 is 7.92 Å². The van der Waals surface area contributed by atoms with Crippen molar-refractivity contribution in [3.8, 4) is 0 Å². The van der Waals surface area contributed by atoms with Gasteiger partial charge in [0, 0.05) is 24.2 Å². The van der Waals surface area contributed by atoms with Gasteiger partial charge in [-0.1, -0.05) is 148 Å². The van der Waals surface area contributed by atoms with E-state index in [4.69, 9.17) is 0 Å². The van der Waals surface area contributed by atoms with Crippen LogP contribution in [-0.4, -0.2) is 11.6 Å². The molecule has 0 N–H and O–H groups in total. The summed E-state index contributed by atoms with van der Waals surface area (Å²) >= 11 is 0. The molecule has 184 valence electrons. The molecule has 2 aliphatic carbocycles. The van der Waals surface area contributed by atoms with Crippen molar-refractivity contribution in [1.29, 1.82) is 0 Å². The van der Waals surface area contributed by atoms with Gasteiger partial charge < -0.3 is 0 Å². The first kappa shape index (κ1) is 25.1. The van der Waals surface area contributed by atoms with E-state index in [1.54, 1.807) is 0 Å². The number of hydrogen-bond acceptors (Lipinski definition) is 2. The highest BCUT2D eigenvalue weighted by Crippen LogP contribution is 2.63. The zero-order chi connectivity index (χ0) is 25.5. The van der Waals surface area contributed by atoms with Crippen molar-refractivity contribution in [2.24, 2.45) is 11.8 Å². The second kappa shape index (κ2) is 12.1. The van der Waals surface area contributed by atoms with E-state index in [-0.39, 0.29) is 34.7 Å². The van der Waals surface area contributed by atoms with Crippen LogP contribution in [0.15, 0.2) is 140 Å². The molecule has 3 aromatic rings. The molecule has 0 aliphatic heterocycles. The van der Waals surface area contributed by atoms with Crippen molar-refractivity contribution in [2.45, 2.75) is 24.2 Å². The highest BCUT2D eigenvalue weighted by Gasteiger charge is 2.36. The van der Waals surface area contributed by atoms with Crippen LogP contribution in [0.2, 0.25) is 0 Å². The van der Waals surface area contributed by atoms with Crippen molar-refractivity contribution in [1.82, 2.24) is 0 Å².